The first-order valence-electron chi connectivity index (χ1n) is 12.2. The summed E-state index contributed by atoms with van der Waals surface area (Å²) in [5.41, 5.74) is -0.131. The minimum absolute atomic E-state index is 0.0145. The summed E-state index contributed by atoms with van der Waals surface area (Å²) in [6, 6.07) is 5.40. The van der Waals surface area contributed by atoms with Crippen molar-refractivity contribution >= 4 is 48.2 Å². The number of hydrogen-bond acceptors (Lipinski definition) is 10. The first kappa shape index (κ1) is 29.7. The molecule has 3 aromatic heterocycles. The second kappa shape index (κ2) is 10.5. The molecule has 0 aliphatic heterocycles. The Morgan fingerprint density at radius 1 is 1.20 bits per heavy atom. The van der Waals surface area contributed by atoms with Gasteiger partial charge in [0.15, 0.2) is 21.0 Å². The van der Waals surface area contributed by atoms with Gasteiger partial charge in [0, 0.05) is 35.2 Å². The van der Waals surface area contributed by atoms with E-state index >= 15 is 0 Å². The summed E-state index contributed by atoms with van der Waals surface area (Å²) in [5, 5.41) is 17.7. The summed E-state index contributed by atoms with van der Waals surface area (Å²) < 4.78 is 78.7. The van der Waals surface area contributed by atoms with Gasteiger partial charge < -0.3 is 10.0 Å². The number of benzene rings is 1. The van der Waals surface area contributed by atoms with Crippen molar-refractivity contribution in [2.45, 2.75) is 41.5 Å². The highest BCUT2D eigenvalue weighted by molar-refractivity contribution is 7.92. The second-order valence-corrected chi connectivity index (χ2v) is 15.6. The number of alkyl halides is 2. The number of aromatic hydroxyl groups is 1. The van der Waals surface area contributed by atoms with E-state index in [-0.39, 0.29) is 53.9 Å². The fourth-order valence-corrected chi connectivity index (χ4v) is 8.00. The van der Waals surface area contributed by atoms with Crippen LogP contribution in [-0.2, 0) is 19.8 Å². The monoisotopic (exact) mass is 645 g/mol. The zero-order valence-electron chi connectivity index (χ0n) is 22.1. The average molecular weight is 646 g/mol. The number of pyridine rings is 1. The maximum Gasteiger partial charge on any atom is 0.291 e. The van der Waals surface area contributed by atoms with Crippen LogP contribution in [0.4, 0.5) is 8.78 Å². The molecule has 0 saturated heterocycles. The van der Waals surface area contributed by atoms with Gasteiger partial charge >= 0.3 is 0 Å². The predicted molar refractivity (Wildman–Crippen MR) is 152 cm³/mol. The van der Waals surface area contributed by atoms with Crippen molar-refractivity contribution in [1.29, 1.82) is 4.78 Å². The highest BCUT2D eigenvalue weighted by Gasteiger charge is 2.41. The molecule has 1 atom stereocenters. The van der Waals surface area contributed by atoms with Gasteiger partial charge in [0.25, 0.3) is 6.43 Å². The third-order valence-corrected chi connectivity index (χ3v) is 11.2. The van der Waals surface area contributed by atoms with Gasteiger partial charge in [0.1, 0.15) is 5.75 Å². The Morgan fingerprint density at radius 3 is 2.49 bits per heavy atom. The molecular weight excluding hydrogens is 620 g/mol. The van der Waals surface area contributed by atoms with Gasteiger partial charge in [-0.25, -0.2) is 35.9 Å². The van der Waals surface area contributed by atoms with Crippen LogP contribution in [0.3, 0.4) is 0 Å². The van der Waals surface area contributed by atoms with Crippen molar-refractivity contribution in [3.63, 3.8) is 0 Å². The van der Waals surface area contributed by atoms with Crippen LogP contribution >= 0.6 is 22.9 Å². The van der Waals surface area contributed by atoms with E-state index in [0.717, 1.165) is 0 Å². The molecule has 220 valence electrons. The number of imidazole rings is 1. The minimum Gasteiger partial charge on any atom is -0.507 e. The number of nitrogens with zero attached hydrogens (tertiary/aromatic N) is 5. The number of fused-ring (bicyclic) bond motifs is 1. The Labute approximate surface area is 244 Å². The summed E-state index contributed by atoms with van der Waals surface area (Å²) in [5.74, 6) is -0.332. The molecule has 11 nitrogen and oxygen atoms in total. The molecule has 1 saturated carbocycles. The summed E-state index contributed by atoms with van der Waals surface area (Å²) in [6.45, 7) is 2.17. The quantitative estimate of drug-likeness (QED) is 0.226. The third kappa shape index (κ3) is 5.94. The lowest BCUT2D eigenvalue weighted by Crippen LogP contribution is -2.34. The molecule has 1 unspecified atom stereocenters. The largest absolute Gasteiger partial charge is 0.507 e. The average Bonchev–Trinajstić information content (AvgIpc) is 3.26. The molecule has 1 aliphatic carbocycles. The van der Waals surface area contributed by atoms with Crippen LogP contribution in [0.5, 0.6) is 5.75 Å². The molecule has 0 amide bonds. The van der Waals surface area contributed by atoms with Gasteiger partial charge in [-0.2, -0.15) is 0 Å². The van der Waals surface area contributed by atoms with Crippen LogP contribution in [0.15, 0.2) is 40.3 Å². The van der Waals surface area contributed by atoms with Gasteiger partial charge in [0.05, 0.1) is 25.0 Å². The number of phenolic OH excluding ortho intramolecular Hbond substituents is 1. The lowest BCUT2D eigenvalue weighted by Gasteiger charge is -2.16. The Balaban J connectivity index is 1.71. The van der Waals surface area contributed by atoms with Gasteiger partial charge in [-0.15, -0.1) is 10.2 Å². The fourth-order valence-electron chi connectivity index (χ4n) is 4.11. The van der Waals surface area contributed by atoms with Crippen molar-refractivity contribution in [3.05, 3.63) is 40.6 Å². The fraction of sp³-hybridized carbons (Fsp3) is 0.375. The summed E-state index contributed by atoms with van der Waals surface area (Å²) in [7, 11) is -3.74. The number of nitrogens with one attached hydrogen (secondary N) is 2. The SMILES string of the molecule is CN(C)CCS(=N)(=O)c1ccc(-c2cc(S(=O)(=O)NC3(C)CC3)cn3c(-c4nnc(C(F)F)s4)nc(Cl)c23)c(O)c1. The Bertz CT molecular complexity index is 1870. The van der Waals surface area contributed by atoms with Crippen LogP contribution in [0, 0.1) is 4.78 Å². The molecule has 17 heteroatoms. The van der Waals surface area contributed by atoms with Crippen LogP contribution in [0.25, 0.3) is 27.5 Å². The highest BCUT2D eigenvalue weighted by atomic mass is 35.5. The van der Waals surface area contributed by atoms with Gasteiger partial charge in [0.2, 0.25) is 10.0 Å². The summed E-state index contributed by atoms with van der Waals surface area (Å²) >= 11 is 7.10. The Kier molecular flexibility index (Phi) is 7.61. The summed E-state index contributed by atoms with van der Waals surface area (Å²) in [6.07, 6.45) is -0.285. The summed E-state index contributed by atoms with van der Waals surface area (Å²) in [4.78, 5) is 5.98. The Hall–Kier alpha value is -2.76. The number of sulfonamides is 1. The molecule has 1 aliphatic rings. The first-order valence-corrected chi connectivity index (χ1v) is 16.6. The number of hydrogen-bond donors (Lipinski definition) is 3. The van der Waals surface area contributed by atoms with E-state index in [0.29, 0.717) is 30.7 Å². The van der Waals surface area contributed by atoms with Crippen molar-refractivity contribution < 1.29 is 26.5 Å². The van der Waals surface area contributed by atoms with Crippen molar-refractivity contribution in [2.75, 3.05) is 26.4 Å². The lowest BCUT2D eigenvalue weighted by molar-refractivity contribution is 0.150. The topological polar surface area (TPSA) is 154 Å². The van der Waals surface area contributed by atoms with Crippen molar-refractivity contribution in [1.82, 2.24) is 29.2 Å². The number of phenols is 1. The first-order chi connectivity index (χ1) is 19.1. The zero-order valence-corrected chi connectivity index (χ0v) is 25.3. The van der Waals surface area contributed by atoms with E-state index in [1.807, 2.05) is 0 Å². The van der Waals surface area contributed by atoms with Crippen molar-refractivity contribution in [3.8, 4) is 27.7 Å². The molecule has 1 aromatic carbocycles. The molecular formula is C24H26ClF2N7O4S3. The third-order valence-electron chi connectivity index (χ3n) is 6.64. The molecule has 1 fully saturated rings. The minimum atomic E-state index is -4.09. The van der Waals surface area contributed by atoms with E-state index in [1.54, 1.807) is 25.9 Å². The normalized spacial score (nSPS) is 16.5. The van der Waals surface area contributed by atoms with E-state index < -0.39 is 36.7 Å². The second-order valence-electron chi connectivity index (χ2n) is 10.3. The van der Waals surface area contributed by atoms with Gasteiger partial charge in [-0.3, -0.25) is 4.40 Å². The maximum atomic E-state index is 13.4. The van der Waals surface area contributed by atoms with Crippen LogP contribution < -0.4 is 4.72 Å². The van der Waals surface area contributed by atoms with E-state index in [9.17, 15) is 26.5 Å². The van der Waals surface area contributed by atoms with Crippen LogP contribution in [0.1, 0.15) is 31.2 Å². The number of aromatic nitrogens is 4. The number of halogens is 3. The molecule has 0 bridgehead atoms. The van der Waals surface area contributed by atoms with Gasteiger partial charge in [-0.1, -0.05) is 22.9 Å². The van der Waals surface area contributed by atoms with Crippen LogP contribution in [0.2, 0.25) is 5.15 Å². The highest BCUT2D eigenvalue weighted by Crippen LogP contribution is 2.41. The van der Waals surface area contributed by atoms with E-state index in [2.05, 4.69) is 19.9 Å². The molecule has 3 heterocycles. The number of rotatable bonds is 10. The van der Waals surface area contributed by atoms with Gasteiger partial charge in [-0.05, 0) is 58.1 Å². The standard InChI is InChI=1S/C24H26ClF2N7O4S3/c1-24(6-7-24)32-41(37,38)14-10-16(15-5-4-13(11-17(15)35)40(28,36)9-8-33(2)3)18-19(25)29-21(34(18)12-14)23-31-30-22(39-23)20(26)27/h4-5,10-12,20,28,32,35H,6-9H2,1-3H3. The molecule has 0 radical (unpaired) electrons. The van der Waals surface area contributed by atoms with Crippen molar-refractivity contribution in [2.24, 2.45) is 0 Å². The predicted octanol–water partition coefficient (Wildman–Crippen LogP) is 4.61. The molecule has 4 aromatic rings. The van der Waals surface area contributed by atoms with E-state index in [1.165, 1.54) is 34.9 Å². The lowest BCUT2D eigenvalue weighted by atomic mass is 10.0. The molecule has 0 spiro atoms. The van der Waals surface area contributed by atoms with Crippen LogP contribution in [-0.4, -0.2) is 74.1 Å². The maximum absolute atomic E-state index is 13.4. The molecule has 3 N–H and O–H groups in total. The Morgan fingerprint density at radius 2 is 1.90 bits per heavy atom. The van der Waals surface area contributed by atoms with E-state index in [4.69, 9.17) is 16.4 Å². The molecule has 5 rings (SSSR count). The zero-order chi connectivity index (χ0) is 29.9. The molecule has 41 heavy (non-hydrogen) atoms. The smallest absolute Gasteiger partial charge is 0.291 e.